The van der Waals surface area contributed by atoms with E-state index in [4.69, 9.17) is 11.6 Å². The van der Waals surface area contributed by atoms with Crippen LogP contribution in [-0.4, -0.2) is 25.9 Å². The van der Waals surface area contributed by atoms with E-state index in [-0.39, 0.29) is 5.91 Å². The molecule has 2 heterocycles. The first-order chi connectivity index (χ1) is 11.7. The summed E-state index contributed by atoms with van der Waals surface area (Å²) in [4.78, 5) is 15.8. The lowest BCUT2D eigenvalue weighted by Gasteiger charge is -1.99. The quantitative estimate of drug-likeness (QED) is 0.725. The molecule has 0 fully saturated rings. The van der Waals surface area contributed by atoms with Gasteiger partial charge in [-0.15, -0.1) is 5.10 Å². The molecule has 2 aromatic heterocycles. The van der Waals surface area contributed by atoms with Crippen molar-refractivity contribution < 1.29 is 4.79 Å². The Hall–Kier alpha value is -2.99. The van der Waals surface area contributed by atoms with Crippen LogP contribution in [0.4, 0.5) is 0 Å². The second-order valence-electron chi connectivity index (χ2n) is 4.96. The summed E-state index contributed by atoms with van der Waals surface area (Å²) in [6, 6.07) is 10.9. The maximum Gasteiger partial charge on any atom is 0.244 e. The number of hydrogen-bond donors (Lipinski definition) is 1. The smallest absolute Gasteiger partial charge is 0.244 e. The Bertz CT molecular complexity index is 843. The summed E-state index contributed by atoms with van der Waals surface area (Å²) in [6.07, 6.45) is 8.31. The molecular formula is C17H14ClN5O. The molecule has 7 heteroatoms. The van der Waals surface area contributed by atoms with Crippen molar-refractivity contribution in [3.05, 3.63) is 77.3 Å². The summed E-state index contributed by atoms with van der Waals surface area (Å²) in [6.45, 7) is 0.300. The van der Waals surface area contributed by atoms with E-state index in [0.29, 0.717) is 17.3 Å². The van der Waals surface area contributed by atoms with Crippen molar-refractivity contribution in [1.82, 2.24) is 25.3 Å². The van der Waals surface area contributed by atoms with Crippen molar-refractivity contribution >= 4 is 23.6 Å². The van der Waals surface area contributed by atoms with Crippen LogP contribution in [-0.2, 0) is 11.3 Å². The summed E-state index contributed by atoms with van der Waals surface area (Å²) in [5.74, 6) is -0.205. The van der Waals surface area contributed by atoms with E-state index in [1.807, 2.05) is 24.3 Å². The molecule has 1 amide bonds. The van der Waals surface area contributed by atoms with Crippen LogP contribution < -0.4 is 5.32 Å². The summed E-state index contributed by atoms with van der Waals surface area (Å²) in [7, 11) is 0. The lowest BCUT2D eigenvalue weighted by atomic mass is 10.2. The number of hydrogen-bond acceptors (Lipinski definition) is 4. The van der Waals surface area contributed by atoms with Gasteiger partial charge in [-0.2, -0.15) is 0 Å². The third-order valence-corrected chi connectivity index (χ3v) is 3.46. The molecule has 24 heavy (non-hydrogen) atoms. The average molecular weight is 340 g/mol. The predicted molar refractivity (Wildman–Crippen MR) is 91.5 cm³/mol. The van der Waals surface area contributed by atoms with Crippen LogP contribution in [0.25, 0.3) is 11.8 Å². The number of nitrogens with zero attached hydrogens (tertiary/aromatic N) is 4. The summed E-state index contributed by atoms with van der Waals surface area (Å²) >= 11 is 5.82. The molecule has 0 bridgehead atoms. The number of aromatic nitrogens is 4. The van der Waals surface area contributed by atoms with Gasteiger partial charge < -0.3 is 5.32 Å². The van der Waals surface area contributed by atoms with Gasteiger partial charge in [-0.05, 0) is 35.9 Å². The maximum atomic E-state index is 11.8. The number of amides is 1. The molecule has 6 nitrogen and oxygen atoms in total. The zero-order valence-corrected chi connectivity index (χ0v) is 13.4. The molecule has 0 radical (unpaired) electrons. The zero-order chi connectivity index (χ0) is 16.8. The Kier molecular flexibility index (Phi) is 4.98. The van der Waals surface area contributed by atoms with E-state index in [1.165, 1.54) is 6.08 Å². The number of nitrogens with one attached hydrogen (secondary N) is 1. The van der Waals surface area contributed by atoms with Crippen molar-refractivity contribution in [1.29, 1.82) is 0 Å². The van der Waals surface area contributed by atoms with Crippen LogP contribution in [0.1, 0.15) is 11.3 Å². The van der Waals surface area contributed by atoms with Gasteiger partial charge in [-0.25, -0.2) is 4.68 Å². The molecule has 0 spiro atoms. The van der Waals surface area contributed by atoms with E-state index >= 15 is 0 Å². The predicted octanol–water partition coefficient (Wildman–Crippen LogP) is 2.65. The minimum atomic E-state index is -0.205. The lowest BCUT2D eigenvalue weighted by molar-refractivity contribution is -0.116. The highest BCUT2D eigenvalue weighted by Gasteiger charge is 2.03. The molecule has 3 aromatic rings. The van der Waals surface area contributed by atoms with Crippen LogP contribution in [0.2, 0.25) is 5.02 Å². The molecule has 0 aliphatic heterocycles. The lowest BCUT2D eigenvalue weighted by Crippen LogP contribution is -2.20. The Balaban J connectivity index is 1.55. The largest absolute Gasteiger partial charge is 0.347 e. The molecule has 0 saturated heterocycles. The minimum absolute atomic E-state index is 0.205. The molecule has 0 saturated carbocycles. The van der Waals surface area contributed by atoms with E-state index in [0.717, 1.165) is 11.3 Å². The van der Waals surface area contributed by atoms with E-state index in [2.05, 4.69) is 20.6 Å². The summed E-state index contributed by atoms with van der Waals surface area (Å²) in [5.41, 5.74) is 2.43. The molecule has 0 aliphatic rings. The van der Waals surface area contributed by atoms with E-state index < -0.39 is 0 Å². The normalized spacial score (nSPS) is 10.9. The van der Waals surface area contributed by atoms with Crippen LogP contribution >= 0.6 is 11.6 Å². The Morgan fingerprint density at radius 1 is 1.17 bits per heavy atom. The molecule has 0 atom stereocenters. The zero-order valence-electron chi connectivity index (χ0n) is 12.6. The first-order valence-electron chi connectivity index (χ1n) is 7.24. The van der Waals surface area contributed by atoms with Crippen molar-refractivity contribution in [3.8, 4) is 5.69 Å². The van der Waals surface area contributed by atoms with Gasteiger partial charge in [0.2, 0.25) is 5.91 Å². The van der Waals surface area contributed by atoms with Gasteiger partial charge >= 0.3 is 0 Å². The first kappa shape index (κ1) is 15.9. The second-order valence-corrected chi connectivity index (χ2v) is 5.40. The van der Waals surface area contributed by atoms with Gasteiger partial charge in [0.15, 0.2) is 0 Å². The maximum absolute atomic E-state index is 11.8. The monoisotopic (exact) mass is 339 g/mol. The molecule has 1 aromatic carbocycles. The van der Waals surface area contributed by atoms with Gasteiger partial charge in [0.1, 0.15) is 5.69 Å². The van der Waals surface area contributed by atoms with Gasteiger partial charge in [-0.1, -0.05) is 28.9 Å². The third-order valence-electron chi connectivity index (χ3n) is 3.21. The molecular weight excluding hydrogens is 326 g/mol. The van der Waals surface area contributed by atoms with Gasteiger partial charge in [0.05, 0.1) is 18.4 Å². The number of benzene rings is 1. The highest BCUT2D eigenvalue weighted by Crippen LogP contribution is 2.10. The van der Waals surface area contributed by atoms with Gasteiger partial charge in [0, 0.05) is 23.5 Å². The third kappa shape index (κ3) is 4.27. The van der Waals surface area contributed by atoms with Crippen molar-refractivity contribution in [2.45, 2.75) is 6.54 Å². The highest BCUT2D eigenvalue weighted by atomic mass is 35.5. The van der Waals surface area contributed by atoms with Gasteiger partial charge in [-0.3, -0.25) is 9.78 Å². The number of rotatable bonds is 5. The Morgan fingerprint density at radius 3 is 2.67 bits per heavy atom. The number of pyridine rings is 1. The molecule has 0 aliphatic carbocycles. The first-order valence-corrected chi connectivity index (χ1v) is 7.61. The standard InChI is InChI=1S/C17H14ClN5O/c18-14-4-1-13(2-5-14)3-6-17(24)20-11-15-12-23(22-21-15)16-7-9-19-10-8-16/h1-10,12H,11H2,(H,20,24)/b6-3+. The fourth-order valence-corrected chi connectivity index (χ4v) is 2.11. The summed E-state index contributed by atoms with van der Waals surface area (Å²) < 4.78 is 1.63. The topological polar surface area (TPSA) is 72.7 Å². The Labute approximate surface area is 143 Å². The van der Waals surface area contributed by atoms with Crippen LogP contribution in [0.15, 0.2) is 61.1 Å². The fraction of sp³-hybridized carbons (Fsp3) is 0.0588. The second kappa shape index (κ2) is 7.52. The summed E-state index contributed by atoms with van der Waals surface area (Å²) in [5, 5.41) is 11.5. The fourth-order valence-electron chi connectivity index (χ4n) is 1.98. The van der Waals surface area contributed by atoms with Gasteiger partial charge in [0.25, 0.3) is 0 Å². The Morgan fingerprint density at radius 2 is 1.92 bits per heavy atom. The molecule has 0 unspecified atom stereocenters. The van der Waals surface area contributed by atoms with E-state index in [9.17, 15) is 4.79 Å². The SMILES string of the molecule is O=C(/C=C/c1ccc(Cl)cc1)NCc1cn(-c2ccncc2)nn1. The molecule has 1 N–H and O–H groups in total. The molecule has 120 valence electrons. The number of carbonyl (C=O) groups is 1. The van der Waals surface area contributed by atoms with Crippen molar-refractivity contribution in [2.24, 2.45) is 0 Å². The number of halogens is 1. The van der Waals surface area contributed by atoms with Crippen molar-refractivity contribution in [2.75, 3.05) is 0 Å². The van der Waals surface area contributed by atoms with E-state index in [1.54, 1.807) is 41.5 Å². The van der Waals surface area contributed by atoms with Crippen LogP contribution in [0.3, 0.4) is 0 Å². The molecule has 3 rings (SSSR count). The minimum Gasteiger partial charge on any atom is -0.347 e. The average Bonchev–Trinajstić information content (AvgIpc) is 3.09. The van der Waals surface area contributed by atoms with Crippen molar-refractivity contribution in [3.63, 3.8) is 0 Å². The number of carbonyl (C=O) groups excluding carboxylic acids is 1. The highest BCUT2D eigenvalue weighted by molar-refractivity contribution is 6.30. The van der Waals surface area contributed by atoms with Crippen LogP contribution in [0, 0.1) is 0 Å². The van der Waals surface area contributed by atoms with Crippen LogP contribution in [0.5, 0.6) is 0 Å².